The summed E-state index contributed by atoms with van der Waals surface area (Å²) in [5, 5.41) is 37.7. The second-order valence-electron chi connectivity index (χ2n) is 9.05. The zero-order valence-corrected chi connectivity index (χ0v) is 23.0. The number of carbonyl (C=O) groups excluding carboxylic acids is 1. The largest absolute Gasteiger partial charge is 0.480 e. The number of carboxylic acids is 3. The Morgan fingerprint density at radius 2 is 1.15 bits per heavy atom. The minimum atomic E-state index is -1.02. The number of amides is 1. The van der Waals surface area contributed by atoms with Crippen LogP contribution in [-0.2, 0) is 19.2 Å². The summed E-state index contributed by atoms with van der Waals surface area (Å²) < 4.78 is 0. The summed E-state index contributed by atoms with van der Waals surface area (Å²) in [6.45, 7) is 2.97. The maximum atomic E-state index is 12.9. The maximum Gasteiger partial charge on any atom is 0.317 e. The van der Waals surface area contributed by atoms with Crippen LogP contribution in [0, 0.1) is 0 Å². The van der Waals surface area contributed by atoms with Crippen molar-refractivity contribution in [1.82, 2.24) is 25.0 Å². The normalized spacial score (nSPS) is 16.9. The number of carbonyl (C=O) groups is 4. The van der Waals surface area contributed by atoms with Crippen molar-refractivity contribution in [2.24, 2.45) is 0 Å². The fourth-order valence-electron chi connectivity index (χ4n) is 4.20. The van der Waals surface area contributed by atoms with Crippen LogP contribution in [0.3, 0.4) is 0 Å². The van der Waals surface area contributed by atoms with E-state index >= 15 is 0 Å². The van der Waals surface area contributed by atoms with Crippen LogP contribution in [0.2, 0.25) is 0 Å². The predicted molar refractivity (Wildman–Crippen MR) is 149 cm³/mol. The van der Waals surface area contributed by atoms with Crippen molar-refractivity contribution in [3.8, 4) is 0 Å². The molecule has 0 aromatic heterocycles. The van der Waals surface area contributed by atoms with E-state index in [1.807, 2.05) is 0 Å². The van der Waals surface area contributed by atoms with Gasteiger partial charge in [0.25, 0.3) is 0 Å². The summed E-state index contributed by atoms with van der Waals surface area (Å²) in [6.07, 6.45) is 0. The van der Waals surface area contributed by atoms with Crippen molar-refractivity contribution in [1.29, 1.82) is 0 Å². The van der Waals surface area contributed by atoms with E-state index in [4.69, 9.17) is 12.2 Å². The van der Waals surface area contributed by atoms with E-state index in [9.17, 15) is 34.5 Å². The zero-order chi connectivity index (χ0) is 28.9. The lowest BCUT2D eigenvalue weighted by molar-refractivity contribution is -0.140. The van der Waals surface area contributed by atoms with Gasteiger partial charge in [-0.2, -0.15) is 0 Å². The molecule has 0 aliphatic carbocycles. The first-order chi connectivity index (χ1) is 18.5. The third kappa shape index (κ3) is 11.5. The summed E-state index contributed by atoms with van der Waals surface area (Å²) in [5.74, 6) is -3.32. The number of nitrogens with zero attached hydrogens (tertiary/aromatic N) is 5. The molecule has 1 saturated heterocycles. The Kier molecular flexibility index (Phi) is 13.0. The van der Waals surface area contributed by atoms with E-state index < -0.39 is 17.9 Å². The first kappa shape index (κ1) is 31.8. The van der Waals surface area contributed by atoms with Gasteiger partial charge in [-0.1, -0.05) is 0 Å². The van der Waals surface area contributed by atoms with Crippen LogP contribution in [0.25, 0.3) is 0 Å². The second kappa shape index (κ2) is 15.9. The van der Waals surface area contributed by atoms with E-state index in [1.54, 1.807) is 51.0 Å². The van der Waals surface area contributed by atoms with Crippen molar-refractivity contribution < 1.29 is 34.5 Å². The lowest BCUT2D eigenvalue weighted by Crippen LogP contribution is -2.54. The van der Waals surface area contributed by atoms with Crippen molar-refractivity contribution >= 4 is 52.5 Å². The highest BCUT2D eigenvalue weighted by Gasteiger charge is 2.25. The molecule has 1 aromatic rings. The molecule has 0 atom stereocenters. The number of anilines is 2. The molecule has 1 aliphatic rings. The van der Waals surface area contributed by atoms with Crippen LogP contribution in [0.5, 0.6) is 0 Å². The van der Waals surface area contributed by atoms with E-state index in [1.165, 1.54) is 11.9 Å². The predicted octanol–water partition coefficient (Wildman–Crippen LogP) is -0.654. The van der Waals surface area contributed by atoms with E-state index in [2.05, 4.69) is 10.6 Å². The Morgan fingerprint density at radius 3 is 1.49 bits per heavy atom. The Labute approximate surface area is 232 Å². The summed E-state index contributed by atoms with van der Waals surface area (Å²) in [4.78, 5) is 52.3. The Hall–Kier alpha value is -3.37. The SMILES string of the molecule is CNC(=S)Nc1ccc(N(C(C)=O)N2CCN(CC(=O)O)CCN(CC(=O)O)CCN(CC(=O)O)CC2)cc1. The molecule has 0 bridgehead atoms. The van der Waals surface area contributed by atoms with Crippen LogP contribution in [0.15, 0.2) is 24.3 Å². The molecule has 14 nitrogen and oxygen atoms in total. The smallest absolute Gasteiger partial charge is 0.317 e. The number of benzene rings is 1. The number of nitrogens with one attached hydrogen (secondary N) is 2. The highest BCUT2D eigenvalue weighted by atomic mass is 32.1. The third-order valence-electron chi connectivity index (χ3n) is 6.07. The van der Waals surface area contributed by atoms with Crippen LogP contribution in [0.4, 0.5) is 11.4 Å². The van der Waals surface area contributed by atoms with E-state index in [0.29, 0.717) is 23.9 Å². The average molecular weight is 568 g/mol. The van der Waals surface area contributed by atoms with Crippen molar-refractivity contribution in [2.45, 2.75) is 6.92 Å². The van der Waals surface area contributed by atoms with Crippen LogP contribution >= 0.6 is 12.2 Å². The molecule has 0 spiro atoms. The van der Waals surface area contributed by atoms with Crippen molar-refractivity contribution in [2.75, 3.05) is 89.4 Å². The molecule has 0 unspecified atom stereocenters. The standard InChI is InChI=1S/C24H37N7O7S/c1-18(32)31(20-5-3-19(4-6-20)26-24(39)25-2)30-13-11-28(16-22(35)36)9-7-27(15-21(33)34)8-10-29(12-14-30)17-23(37)38/h3-6H,7-17H2,1-2H3,(H,33,34)(H,35,36)(H,37,38)(H2,25,26,39). The first-order valence-corrected chi connectivity index (χ1v) is 12.9. The van der Waals surface area contributed by atoms with Gasteiger partial charge in [-0.25, -0.2) is 10.0 Å². The number of hydrogen-bond donors (Lipinski definition) is 5. The monoisotopic (exact) mass is 567 g/mol. The summed E-state index contributed by atoms with van der Waals surface area (Å²) in [6, 6.07) is 7.06. The molecule has 216 valence electrons. The topological polar surface area (TPSA) is 169 Å². The van der Waals surface area contributed by atoms with Gasteiger partial charge in [0, 0.05) is 72.0 Å². The van der Waals surface area contributed by atoms with Gasteiger partial charge < -0.3 is 26.0 Å². The van der Waals surface area contributed by atoms with Gasteiger partial charge in [0.15, 0.2) is 5.11 Å². The number of aliphatic carboxylic acids is 3. The van der Waals surface area contributed by atoms with Crippen molar-refractivity contribution in [3.63, 3.8) is 0 Å². The molecular weight excluding hydrogens is 530 g/mol. The van der Waals surface area contributed by atoms with E-state index in [0.717, 1.165) is 5.69 Å². The molecule has 2 rings (SSSR count). The fourth-order valence-corrected chi connectivity index (χ4v) is 4.32. The quantitative estimate of drug-likeness (QED) is 0.239. The number of rotatable bonds is 9. The molecule has 1 fully saturated rings. The van der Waals surface area contributed by atoms with Gasteiger partial charge in [-0.05, 0) is 36.5 Å². The maximum absolute atomic E-state index is 12.9. The molecule has 39 heavy (non-hydrogen) atoms. The molecule has 0 saturated carbocycles. The molecule has 1 aromatic carbocycles. The highest BCUT2D eigenvalue weighted by Crippen LogP contribution is 2.21. The number of hydrogen-bond acceptors (Lipinski definition) is 9. The third-order valence-corrected chi connectivity index (χ3v) is 6.37. The van der Waals surface area contributed by atoms with Gasteiger partial charge in [0.05, 0.1) is 25.3 Å². The first-order valence-electron chi connectivity index (χ1n) is 12.4. The number of carboxylic acid groups (broad SMARTS) is 3. The lowest BCUT2D eigenvalue weighted by atomic mass is 10.2. The van der Waals surface area contributed by atoms with Gasteiger partial charge in [0.1, 0.15) is 0 Å². The molecule has 15 heteroatoms. The summed E-state index contributed by atoms with van der Waals surface area (Å²) in [5.41, 5.74) is 1.30. The molecule has 0 radical (unpaired) electrons. The van der Waals surface area contributed by atoms with Gasteiger partial charge in [-0.15, -0.1) is 0 Å². The van der Waals surface area contributed by atoms with Crippen LogP contribution < -0.4 is 15.6 Å². The molecule has 5 N–H and O–H groups in total. The average Bonchev–Trinajstić information content (AvgIpc) is 2.85. The number of thiocarbonyl (C=S) groups is 1. The summed E-state index contributed by atoms with van der Waals surface area (Å²) in [7, 11) is 1.70. The van der Waals surface area contributed by atoms with E-state index in [-0.39, 0.29) is 64.8 Å². The van der Waals surface area contributed by atoms with Gasteiger partial charge >= 0.3 is 17.9 Å². The molecule has 1 heterocycles. The van der Waals surface area contributed by atoms with Gasteiger partial charge in [-0.3, -0.25) is 33.9 Å². The minimum Gasteiger partial charge on any atom is -0.480 e. The number of hydrazine groups is 1. The van der Waals surface area contributed by atoms with Crippen LogP contribution in [0.1, 0.15) is 6.92 Å². The summed E-state index contributed by atoms with van der Waals surface area (Å²) >= 11 is 5.13. The highest BCUT2D eigenvalue weighted by molar-refractivity contribution is 7.80. The fraction of sp³-hybridized carbons (Fsp3) is 0.542. The molecular formula is C24H37N7O7S. The molecule has 1 amide bonds. The van der Waals surface area contributed by atoms with Gasteiger partial charge in [0.2, 0.25) is 5.91 Å². The Morgan fingerprint density at radius 1 is 0.769 bits per heavy atom. The zero-order valence-electron chi connectivity index (χ0n) is 22.2. The van der Waals surface area contributed by atoms with Crippen molar-refractivity contribution in [3.05, 3.63) is 24.3 Å². The minimum absolute atomic E-state index is 0.240. The Balaban J connectivity index is 2.34. The second-order valence-corrected chi connectivity index (χ2v) is 9.45. The molecule has 1 aliphatic heterocycles. The van der Waals surface area contributed by atoms with Crippen LogP contribution in [-0.4, -0.2) is 143 Å². The lowest BCUT2D eigenvalue weighted by Gasteiger charge is -2.38. The Bertz CT molecular complexity index is 979.